The van der Waals surface area contributed by atoms with Crippen LogP contribution < -0.4 is 0 Å². The van der Waals surface area contributed by atoms with Crippen LogP contribution in [0.3, 0.4) is 0 Å². The van der Waals surface area contributed by atoms with Crippen LogP contribution in [-0.2, 0) is 0 Å². The van der Waals surface area contributed by atoms with Gasteiger partial charge in [-0.05, 0) is 61.2 Å². The molecule has 0 aromatic carbocycles. The molecule has 110 valence electrons. The fourth-order valence-corrected chi connectivity index (χ4v) is 4.62. The van der Waals surface area contributed by atoms with Crippen LogP contribution in [0.4, 0.5) is 0 Å². The smallest absolute Gasteiger partial charge is 0.0175 e. The maximum Gasteiger partial charge on any atom is -0.0175 e. The summed E-state index contributed by atoms with van der Waals surface area (Å²) in [5, 5.41) is 0. The highest BCUT2D eigenvalue weighted by Gasteiger charge is 2.35. The van der Waals surface area contributed by atoms with E-state index in [4.69, 9.17) is 0 Å². The van der Waals surface area contributed by atoms with Gasteiger partial charge in [0, 0.05) is 0 Å². The van der Waals surface area contributed by atoms with E-state index in [1.807, 2.05) is 0 Å². The summed E-state index contributed by atoms with van der Waals surface area (Å²) in [6.07, 6.45) is 10.0. The first-order chi connectivity index (χ1) is 9.00. The third kappa shape index (κ3) is 3.44. The summed E-state index contributed by atoms with van der Waals surface area (Å²) >= 11 is 0. The van der Waals surface area contributed by atoms with Crippen molar-refractivity contribution in [2.24, 2.45) is 35.5 Å². The minimum atomic E-state index is 0.812. The van der Waals surface area contributed by atoms with E-state index >= 15 is 0 Å². The van der Waals surface area contributed by atoms with Crippen LogP contribution in [0, 0.1) is 35.5 Å². The summed E-state index contributed by atoms with van der Waals surface area (Å²) in [6, 6.07) is 0. The van der Waals surface area contributed by atoms with Crippen LogP contribution in [0.5, 0.6) is 0 Å². The fourth-order valence-electron chi connectivity index (χ4n) is 4.62. The molecule has 0 heteroatoms. The van der Waals surface area contributed by atoms with Crippen LogP contribution in [-0.4, -0.2) is 0 Å². The Kier molecular flexibility index (Phi) is 5.15. The first kappa shape index (κ1) is 15.1. The van der Waals surface area contributed by atoms with Crippen molar-refractivity contribution in [1.29, 1.82) is 0 Å². The lowest BCUT2D eigenvalue weighted by molar-refractivity contribution is 0.159. The van der Waals surface area contributed by atoms with Crippen molar-refractivity contribution in [2.75, 3.05) is 0 Å². The number of allylic oxidation sites excluding steroid dienone is 1. The normalized spacial score (nSPS) is 40.4. The van der Waals surface area contributed by atoms with Crippen molar-refractivity contribution in [1.82, 2.24) is 0 Å². The van der Waals surface area contributed by atoms with E-state index in [9.17, 15) is 0 Å². The average molecular weight is 262 g/mol. The number of hydrogen-bond acceptors (Lipinski definition) is 0. The van der Waals surface area contributed by atoms with Crippen LogP contribution in [0.2, 0.25) is 0 Å². The molecule has 0 nitrogen and oxygen atoms in total. The van der Waals surface area contributed by atoms with Gasteiger partial charge in [0.2, 0.25) is 0 Å². The highest BCUT2D eigenvalue weighted by molar-refractivity contribution is 5.11. The molecule has 0 heterocycles. The standard InChI is InChI=1S/C19H34/c1-13(2)17-11-10-15(4)19(12-17)16(5)18-9-7-6-8-14(18)3/h13-15,17-19H,5-12H2,1-4H3. The predicted octanol–water partition coefficient (Wildman–Crippen LogP) is 6.08. The number of rotatable bonds is 3. The molecule has 0 bridgehead atoms. The Bertz CT molecular complexity index is 301. The topological polar surface area (TPSA) is 0 Å². The van der Waals surface area contributed by atoms with Gasteiger partial charge in [0.05, 0.1) is 0 Å². The first-order valence-electron chi connectivity index (χ1n) is 8.69. The van der Waals surface area contributed by atoms with Gasteiger partial charge in [0.1, 0.15) is 0 Å². The summed E-state index contributed by atoms with van der Waals surface area (Å²) < 4.78 is 0. The monoisotopic (exact) mass is 262 g/mol. The summed E-state index contributed by atoms with van der Waals surface area (Å²) in [5.74, 6) is 5.19. The molecule has 2 rings (SSSR count). The van der Waals surface area contributed by atoms with Gasteiger partial charge in [-0.15, -0.1) is 0 Å². The van der Waals surface area contributed by atoms with E-state index in [0.717, 1.165) is 35.5 Å². The van der Waals surface area contributed by atoms with E-state index < -0.39 is 0 Å². The molecule has 0 N–H and O–H groups in total. The molecular weight excluding hydrogens is 228 g/mol. The molecule has 5 atom stereocenters. The summed E-state index contributed by atoms with van der Waals surface area (Å²) in [5.41, 5.74) is 1.63. The van der Waals surface area contributed by atoms with Gasteiger partial charge >= 0.3 is 0 Å². The molecule has 2 aliphatic rings. The Labute approximate surface area is 121 Å². The van der Waals surface area contributed by atoms with Gasteiger partial charge in [0.15, 0.2) is 0 Å². The van der Waals surface area contributed by atoms with Crippen LogP contribution in [0.25, 0.3) is 0 Å². The zero-order valence-corrected chi connectivity index (χ0v) is 13.6. The molecule has 2 saturated carbocycles. The molecule has 0 spiro atoms. The molecule has 5 unspecified atom stereocenters. The van der Waals surface area contributed by atoms with Gasteiger partial charge in [-0.1, -0.05) is 59.1 Å². The van der Waals surface area contributed by atoms with E-state index in [1.54, 1.807) is 5.57 Å². The van der Waals surface area contributed by atoms with E-state index in [-0.39, 0.29) is 0 Å². The van der Waals surface area contributed by atoms with E-state index in [0.29, 0.717) is 0 Å². The van der Waals surface area contributed by atoms with Gasteiger partial charge in [-0.3, -0.25) is 0 Å². The van der Waals surface area contributed by atoms with Gasteiger partial charge < -0.3 is 0 Å². The zero-order chi connectivity index (χ0) is 14.0. The number of hydrogen-bond donors (Lipinski definition) is 0. The molecule has 0 radical (unpaired) electrons. The quantitative estimate of drug-likeness (QED) is 0.541. The highest BCUT2D eigenvalue weighted by atomic mass is 14.4. The fraction of sp³-hybridized carbons (Fsp3) is 0.895. The molecular formula is C19H34. The Balaban J connectivity index is 2.03. The lowest BCUT2D eigenvalue weighted by Gasteiger charge is -2.42. The van der Waals surface area contributed by atoms with Crippen molar-refractivity contribution < 1.29 is 0 Å². The van der Waals surface area contributed by atoms with Crippen molar-refractivity contribution in [3.63, 3.8) is 0 Å². The van der Waals surface area contributed by atoms with E-state index in [1.165, 1.54) is 44.9 Å². The second-order valence-electron chi connectivity index (χ2n) is 7.84. The lowest BCUT2D eigenvalue weighted by Crippen LogP contribution is -2.31. The van der Waals surface area contributed by atoms with Gasteiger partial charge in [0.25, 0.3) is 0 Å². The molecule has 0 amide bonds. The van der Waals surface area contributed by atoms with Crippen LogP contribution >= 0.6 is 0 Å². The second kappa shape index (κ2) is 6.46. The predicted molar refractivity (Wildman–Crippen MR) is 85.1 cm³/mol. The molecule has 2 fully saturated rings. The SMILES string of the molecule is C=C(C1CCCCC1C)C1CC(C(C)C)CCC1C. The van der Waals surface area contributed by atoms with Crippen molar-refractivity contribution in [3.8, 4) is 0 Å². The maximum atomic E-state index is 4.60. The Hall–Kier alpha value is -0.260. The second-order valence-corrected chi connectivity index (χ2v) is 7.84. The Morgan fingerprint density at radius 1 is 0.895 bits per heavy atom. The molecule has 0 aliphatic heterocycles. The Morgan fingerprint density at radius 2 is 1.53 bits per heavy atom. The maximum absolute atomic E-state index is 4.60. The van der Waals surface area contributed by atoms with Gasteiger partial charge in [-0.2, -0.15) is 0 Å². The third-order valence-electron chi connectivity index (χ3n) is 6.24. The molecule has 2 aliphatic carbocycles. The van der Waals surface area contributed by atoms with Crippen molar-refractivity contribution >= 4 is 0 Å². The lowest BCUT2D eigenvalue weighted by atomic mass is 9.64. The zero-order valence-electron chi connectivity index (χ0n) is 13.6. The highest BCUT2D eigenvalue weighted by Crippen LogP contribution is 2.46. The van der Waals surface area contributed by atoms with Crippen molar-refractivity contribution in [3.05, 3.63) is 12.2 Å². The van der Waals surface area contributed by atoms with Crippen LogP contribution in [0.1, 0.15) is 72.6 Å². The van der Waals surface area contributed by atoms with Crippen LogP contribution in [0.15, 0.2) is 12.2 Å². The minimum absolute atomic E-state index is 0.812. The third-order valence-corrected chi connectivity index (χ3v) is 6.24. The summed E-state index contributed by atoms with van der Waals surface area (Å²) in [4.78, 5) is 0. The minimum Gasteiger partial charge on any atom is -0.0993 e. The van der Waals surface area contributed by atoms with Crippen molar-refractivity contribution in [2.45, 2.75) is 72.6 Å². The average Bonchev–Trinajstić information content (AvgIpc) is 2.38. The largest absolute Gasteiger partial charge is 0.0993 e. The first-order valence-corrected chi connectivity index (χ1v) is 8.69. The summed E-state index contributed by atoms with van der Waals surface area (Å²) in [6.45, 7) is 14.3. The molecule has 0 saturated heterocycles. The summed E-state index contributed by atoms with van der Waals surface area (Å²) in [7, 11) is 0. The van der Waals surface area contributed by atoms with Gasteiger partial charge in [-0.25, -0.2) is 0 Å². The molecule has 0 aromatic rings. The Morgan fingerprint density at radius 3 is 2.16 bits per heavy atom. The molecule has 0 aromatic heterocycles. The van der Waals surface area contributed by atoms with E-state index in [2.05, 4.69) is 34.3 Å². The molecule has 19 heavy (non-hydrogen) atoms.